The molecule has 1 aliphatic rings. The van der Waals surface area contributed by atoms with E-state index < -0.39 is 0 Å². The zero-order valence-corrected chi connectivity index (χ0v) is 10.7. The standard InChI is InChI=1S/C15H15FN2O/c1-10-14(16)8-13(9-17-10)11-3-2-4-12(7-11)15-5-6-19-18-15/h2-4,7-9,15,18H,5-6H2,1H3/t15-/m1/s1. The minimum absolute atomic E-state index is 0.211. The summed E-state index contributed by atoms with van der Waals surface area (Å²) in [5, 5.41) is 0. The van der Waals surface area contributed by atoms with E-state index in [0.29, 0.717) is 5.69 Å². The smallest absolute Gasteiger partial charge is 0.145 e. The molecule has 1 N–H and O–H groups in total. The lowest BCUT2D eigenvalue weighted by Crippen LogP contribution is -2.11. The first-order valence-corrected chi connectivity index (χ1v) is 6.34. The van der Waals surface area contributed by atoms with E-state index in [9.17, 15) is 4.39 Å². The average molecular weight is 258 g/mol. The van der Waals surface area contributed by atoms with E-state index in [2.05, 4.69) is 16.5 Å². The molecule has 0 radical (unpaired) electrons. The van der Waals surface area contributed by atoms with Gasteiger partial charge in [-0.05, 0) is 36.6 Å². The summed E-state index contributed by atoms with van der Waals surface area (Å²) in [5.41, 5.74) is 6.32. The molecule has 19 heavy (non-hydrogen) atoms. The fraction of sp³-hybridized carbons (Fsp3) is 0.267. The summed E-state index contributed by atoms with van der Waals surface area (Å²) in [5.74, 6) is -0.273. The van der Waals surface area contributed by atoms with Gasteiger partial charge in [-0.2, -0.15) is 5.48 Å². The Morgan fingerprint density at radius 1 is 1.32 bits per heavy atom. The van der Waals surface area contributed by atoms with Gasteiger partial charge < -0.3 is 4.84 Å². The van der Waals surface area contributed by atoms with E-state index in [4.69, 9.17) is 4.84 Å². The van der Waals surface area contributed by atoms with Crippen molar-refractivity contribution in [2.24, 2.45) is 0 Å². The molecule has 0 saturated carbocycles. The number of rotatable bonds is 2. The molecule has 0 amide bonds. The highest BCUT2D eigenvalue weighted by Gasteiger charge is 2.17. The Morgan fingerprint density at radius 2 is 2.21 bits per heavy atom. The van der Waals surface area contributed by atoms with Gasteiger partial charge in [0.1, 0.15) is 5.82 Å². The molecule has 0 spiro atoms. The van der Waals surface area contributed by atoms with Crippen LogP contribution in [0.5, 0.6) is 0 Å². The van der Waals surface area contributed by atoms with Crippen LogP contribution in [0.15, 0.2) is 36.5 Å². The number of aromatic nitrogens is 1. The second kappa shape index (κ2) is 5.07. The number of pyridine rings is 1. The topological polar surface area (TPSA) is 34.1 Å². The highest BCUT2D eigenvalue weighted by molar-refractivity contribution is 5.63. The first-order valence-electron chi connectivity index (χ1n) is 6.34. The van der Waals surface area contributed by atoms with Crippen molar-refractivity contribution in [1.82, 2.24) is 10.5 Å². The molecule has 2 heterocycles. The average Bonchev–Trinajstić information content (AvgIpc) is 2.96. The van der Waals surface area contributed by atoms with Gasteiger partial charge in [0.25, 0.3) is 0 Å². The molecule has 0 bridgehead atoms. The Balaban J connectivity index is 1.95. The van der Waals surface area contributed by atoms with Gasteiger partial charge >= 0.3 is 0 Å². The van der Waals surface area contributed by atoms with E-state index in [1.54, 1.807) is 13.1 Å². The zero-order valence-electron chi connectivity index (χ0n) is 10.7. The maximum absolute atomic E-state index is 13.6. The van der Waals surface area contributed by atoms with Crippen LogP contribution in [0.2, 0.25) is 0 Å². The number of benzene rings is 1. The molecule has 1 aliphatic heterocycles. The molecule has 4 heteroatoms. The number of nitrogens with zero attached hydrogens (tertiary/aromatic N) is 1. The van der Waals surface area contributed by atoms with Crippen molar-refractivity contribution in [2.45, 2.75) is 19.4 Å². The summed E-state index contributed by atoms with van der Waals surface area (Å²) in [6.07, 6.45) is 2.65. The fourth-order valence-corrected chi connectivity index (χ4v) is 2.23. The van der Waals surface area contributed by atoms with Crippen LogP contribution in [0, 0.1) is 12.7 Å². The van der Waals surface area contributed by atoms with Gasteiger partial charge in [0.2, 0.25) is 0 Å². The maximum atomic E-state index is 13.6. The van der Waals surface area contributed by atoms with Crippen LogP contribution in [0.1, 0.15) is 23.7 Å². The fourth-order valence-electron chi connectivity index (χ4n) is 2.23. The normalized spacial score (nSPS) is 18.7. The number of hydrogen-bond donors (Lipinski definition) is 1. The number of hydroxylamine groups is 1. The number of nitrogens with one attached hydrogen (secondary N) is 1. The molecule has 0 unspecified atom stereocenters. The van der Waals surface area contributed by atoms with Crippen molar-refractivity contribution in [3.05, 3.63) is 53.6 Å². The van der Waals surface area contributed by atoms with Gasteiger partial charge in [-0.3, -0.25) is 4.98 Å². The minimum atomic E-state index is -0.273. The second-order valence-corrected chi connectivity index (χ2v) is 4.72. The van der Waals surface area contributed by atoms with Crippen molar-refractivity contribution in [1.29, 1.82) is 0 Å². The van der Waals surface area contributed by atoms with Crippen molar-refractivity contribution in [3.63, 3.8) is 0 Å². The minimum Gasteiger partial charge on any atom is -0.301 e. The summed E-state index contributed by atoms with van der Waals surface area (Å²) in [6, 6.07) is 9.78. The van der Waals surface area contributed by atoms with E-state index >= 15 is 0 Å². The SMILES string of the molecule is Cc1ncc(-c2cccc([C@H]3CCON3)c2)cc1F. The highest BCUT2D eigenvalue weighted by atomic mass is 19.1. The number of halogens is 1. The molecule has 3 nitrogen and oxygen atoms in total. The lowest BCUT2D eigenvalue weighted by atomic mass is 9.99. The summed E-state index contributed by atoms with van der Waals surface area (Å²) in [7, 11) is 0. The Bertz CT molecular complexity index is 594. The highest BCUT2D eigenvalue weighted by Crippen LogP contribution is 2.26. The van der Waals surface area contributed by atoms with Crippen molar-refractivity contribution >= 4 is 0 Å². The largest absolute Gasteiger partial charge is 0.301 e. The zero-order chi connectivity index (χ0) is 13.2. The summed E-state index contributed by atoms with van der Waals surface area (Å²) < 4.78 is 13.6. The van der Waals surface area contributed by atoms with Crippen LogP contribution in [0.3, 0.4) is 0 Å². The number of aryl methyl sites for hydroxylation is 1. The van der Waals surface area contributed by atoms with Crippen LogP contribution < -0.4 is 5.48 Å². The van der Waals surface area contributed by atoms with Gasteiger partial charge in [-0.25, -0.2) is 4.39 Å². The third kappa shape index (κ3) is 2.50. The van der Waals surface area contributed by atoms with Crippen LogP contribution in [-0.4, -0.2) is 11.6 Å². The Morgan fingerprint density at radius 3 is 2.95 bits per heavy atom. The van der Waals surface area contributed by atoms with Gasteiger partial charge in [0, 0.05) is 11.8 Å². The van der Waals surface area contributed by atoms with Crippen LogP contribution in [0.25, 0.3) is 11.1 Å². The quantitative estimate of drug-likeness (QED) is 0.898. The molecule has 3 rings (SSSR count). The van der Waals surface area contributed by atoms with E-state index in [0.717, 1.165) is 29.7 Å². The first-order chi connectivity index (χ1) is 9.24. The third-order valence-electron chi connectivity index (χ3n) is 3.38. The van der Waals surface area contributed by atoms with Crippen LogP contribution >= 0.6 is 0 Å². The van der Waals surface area contributed by atoms with Gasteiger partial charge in [-0.1, -0.05) is 18.2 Å². The molecular weight excluding hydrogens is 243 g/mol. The van der Waals surface area contributed by atoms with Crippen LogP contribution in [0.4, 0.5) is 4.39 Å². The van der Waals surface area contributed by atoms with Gasteiger partial charge in [-0.15, -0.1) is 0 Å². The summed E-state index contributed by atoms with van der Waals surface area (Å²) in [4.78, 5) is 9.24. The summed E-state index contributed by atoms with van der Waals surface area (Å²) >= 11 is 0. The van der Waals surface area contributed by atoms with Gasteiger partial charge in [0.15, 0.2) is 0 Å². The van der Waals surface area contributed by atoms with E-state index in [1.807, 2.05) is 18.2 Å². The molecular formula is C15H15FN2O. The lowest BCUT2D eigenvalue weighted by molar-refractivity contribution is 0.0883. The molecule has 0 aliphatic carbocycles. The van der Waals surface area contributed by atoms with Gasteiger partial charge in [0.05, 0.1) is 18.3 Å². The van der Waals surface area contributed by atoms with Crippen molar-refractivity contribution in [2.75, 3.05) is 6.61 Å². The first kappa shape index (κ1) is 12.3. The number of hydrogen-bond acceptors (Lipinski definition) is 3. The molecule has 1 saturated heterocycles. The summed E-state index contributed by atoms with van der Waals surface area (Å²) in [6.45, 7) is 2.38. The van der Waals surface area contributed by atoms with Crippen molar-refractivity contribution in [3.8, 4) is 11.1 Å². The third-order valence-corrected chi connectivity index (χ3v) is 3.38. The Hall–Kier alpha value is -1.78. The predicted octanol–water partition coefficient (Wildman–Crippen LogP) is 3.16. The van der Waals surface area contributed by atoms with E-state index in [1.165, 1.54) is 6.07 Å². The second-order valence-electron chi connectivity index (χ2n) is 4.72. The molecule has 2 aromatic rings. The maximum Gasteiger partial charge on any atom is 0.145 e. The monoisotopic (exact) mass is 258 g/mol. The van der Waals surface area contributed by atoms with Crippen LogP contribution in [-0.2, 0) is 4.84 Å². The lowest BCUT2D eigenvalue weighted by Gasteiger charge is -2.11. The molecule has 1 atom stereocenters. The molecule has 1 aromatic heterocycles. The molecule has 1 aromatic carbocycles. The Labute approximate surface area is 111 Å². The van der Waals surface area contributed by atoms with Crippen molar-refractivity contribution < 1.29 is 9.23 Å². The molecule has 1 fully saturated rings. The molecule has 98 valence electrons. The van der Waals surface area contributed by atoms with E-state index in [-0.39, 0.29) is 11.9 Å². The Kier molecular flexibility index (Phi) is 3.27. The predicted molar refractivity (Wildman–Crippen MR) is 70.8 cm³/mol.